The Bertz CT molecular complexity index is 517. The molecule has 6 nitrogen and oxygen atoms in total. The molecule has 0 bridgehead atoms. The number of rotatable bonds is 8. The number of nitrogens with zero attached hydrogens (tertiary/aromatic N) is 3. The Morgan fingerprint density at radius 1 is 1.15 bits per heavy atom. The Morgan fingerprint density at radius 2 is 1.90 bits per heavy atom. The lowest BCUT2D eigenvalue weighted by Gasteiger charge is -2.13. The van der Waals surface area contributed by atoms with Crippen LogP contribution in [0.25, 0.3) is 0 Å². The largest absolute Gasteiger partial charge is 0.490 e. The maximum absolute atomic E-state index is 5.40. The molecule has 2 aromatic heterocycles. The van der Waals surface area contributed by atoms with Gasteiger partial charge in [-0.15, -0.1) is 11.3 Å². The van der Waals surface area contributed by atoms with Crippen LogP contribution >= 0.6 is 11.3 Å². The molecule has 20 heavy (non-hydrogen) atoms. The highest BCUT2D eigenvalue weighted by atomic mass is 32.1. The Hall–Kier alpha value is -1.89. The summed E-state index contributed by atoms with van der Waals surface area (Å²) in [7, 11) is 1.63. The van der Waals surface area contributed by atoms with Crippen molar-refractivity contribution in [2.75, 3.05) is 30.8 Å². The summed E-state index contributed by atoms with van der Waals surface area (Å²) in [5.41, 5.74) is 0. The van der Waals surface area contributed by atoms with Gasteiger partial charge in [-0.3, -0.25) is 0 Å². The molecule has 0 aliphatic heterocycles. The van der Waals surface area contributed by atoms with Crippen LogP contribution in [0, 0.1) is 0 Å². The first-order valence-electron chi connectivity index (χ1n) is 6.60. The van der Waals surface area contributed by atoms with Crippen LogP contribution in [0.1, 0.15) is 18.4 Å². The van der Waals surface area contributed by atoms with Crippen LogP contribution in [0.4, 0.5) is 11.6 Å². The van der Waals surface area contributed by atoms with Crippen molar-refractivity contribution in [1.82, 2.24) is 15.0 Å². The minimum atomic E-state index is 0.653. The summed E-state index contributed by atoms with van der Waals surface area (Å²) in [6.45, 7) is 3.72. The molecule has 0 atom stereocenters. The van der Waals surface area contributed by atoms with Gasteiger partial charge in [0.1, 0.15) is 6.33 Å². The minimum Gasteiger partial charge on any atom is -0.490 e. The molecule has 108 valence electrons. The molecule has 0 spiro atoms. The first kappa shape index (κ1) is 14.5. The number of nitrogens with one attached hydrogen (secondary N) is 2. The van der Waals surface area contributed by atoms with E-state index in [2.05, 4.69) is 32.5 Å². The molecule has 0 unspecified atom stereocenters. The Labute approximate surface area is 122 Å². The van der Waals surface area contributed by atoms with Gasteiger partial charge in [0.2, 0.25) is 5.75 Å². The molecular formula is C13H19N5OS. The number of aromatic nitrogens is 3. The first-order valence-corrected chi connectivity index (χ1v) is 7.48. The summed E-state index contributed by atoms with van der Waals surface area (Å²) in [6.07, 6.45) is 5.24. The third-order valence-electron chi connectivity index (χ3n) is 2.67. The van der Waals surface area contributed by atoms with Crippen LogP contribution < -0.4 is 15.4 Å². The number of ether oxygens (including phenoxy) is 1. The summed E-state index contributed by atoms with van der Waals surface area (Å²) in [5.74, 6) is 2.08. The first-order chi connectivity index (χ1) is 9.85. The van der Waals surface area contributed by atoms with Crippen LogP contribution in [0.2, 0.25) is 0 Å². The van der Waals surface area contributed by atoms with Crippen LogP contribution in [0.15, 0.2) is 17.9 Å². The topological polar surface area (TPSA) is 72.0 Å². The van der Waals surface area contributed by atoms with Crippen molar-refractivity contribution in [1.29, 1.82) is 0 Å². The highest BCUT2D eigenvalue weighted by Gasteiger charge is 2.11. The van der Waals surface area contributed by atoms with Crippen molar-refractivity contribution in [3.8, 4) is 5.75 Å². The number of thiazole rings is 1. The van der Waals surface area contributed by atoms with Gasteiger partial charge in [0.05, 0.1) is 12.1 Å². The fourth-order valence-corrected chi connectivity index (χ4v) is 2.35. The van der Waals surface area contributed by atoms with Gasteiger partial charge in [-0.25, -0.2) is 15.0 Å². The molecule has 0 saturated carbocycles. The fraction of sp³-hybridized carbons (Fsp3) is 0.462. The monoisotopic (exact) mass is 293 g/mol. The van der Waals surface area contributed by atoms with Crippen molar-refractivity contribution < 1.29 is 4.74 Å². The van der Waals surface area contributed by atoms with Crippen molar-refractivity contribution in [2.45, 2.75) is 19.8 Å². The van der Waals surface area contributed by atoms with E-state index in [9.17, 15) is 0 Å². The molecule has 0 aliphatic carbocycles. The van der Waals surface area contributed by atoms with E-state index in [1.807, 2.05) is 11.6 Å². The molecule has 0 aliphatic rings. The van der Waals surface area contributed by atoms with E-state index >= 15 is 0 Å². The maximum atomic E-state index is 5.40. The predicted octanol–water partition coefficient (Wildman–Crippen LogP) is 2.42. The zero-order chi connectivity index (χ0) is 14.2. The van der Waals surface area contributed by atoms with E-state index in [0.29, 0.717) is 11.6 Å². The van der Waals surface area contributed by atoms with E-state index in [1.165, 1.54) is 6.33 Å². The summed E-state index contributed by atoms with van der Waals surface area (Å²) in [6, 6.07) is 0. The standard InChI is InChI=1S/C13H19N5OS/c1-3-5-15-12-11(19-2)13(18-9-17-12)16-6-4-10-14-7-8-20-10/h7-9H,3-6H2,1-2H3,(H2,15,16,17,18). The average molecular weight is 293 g/mol. The molecule has 0 amide bonds. The zero-order valence-corrected chi connectivity index (χ0v) is 12.5. The van der Waals surface area contributed by atoms with Crippen molar-refractivity contribution in [2.24, 2.45) is 0 Å². The van der Waals surface area contributed by atoms with Gasteiger partial charge in [-0.1, -0.05) is 6.92 Å². The van der Waals surface area contributed by atoms with E-state index in [0.717, 1.165) is 36.8 Å². The second-order valence-electron chi connectivity index (χ2n) is 4.13. The van der Waals surface area contributed by atoms with Crippen molar-refractivity contribution >= 4 is 23.0 Å². The third-order valence-corrected chi connectivity index (χ3v) is 3.50. The number of hydrogen-bond donors (Lipinski definition) is 2. The van der Waals surface area contributed by atoms with Gasteiger partial charge in [0, 0.05) is 31.1 Å². The molecule has 2 aromatic rings. The minimum absolute atomic E-state index is 0.653. The summed E-state index contributed by atoms with van der Waals surface area (Å²) in [4.78, 5) is 12.7. The molecule has 0 fully saturated rings. The smallest absolute Gasteiger partial charge is 0.204 e. The van der Waals surface area contributed by atoms with E-state index in [4.69, 9.17) is 4.74 Å². The van der Waals surface area contributed by atoms with Crippen molar-refractivity contribution in [3.05, 3.63) is 22.9 Å². The SMILES string of the molecule is CCCNc1ncnc(NCCc2nccs2)c1OC. The lowest BCUT2D eigenvalue weighted by Crippen LogP contribution is -2.11. The normalized spacial score (nSPS) is 10.3. The fourth-order valence-electron chi connectivity index (χ4n) is 1.73. The summed E-state index contributed by atoms with van der Waals surface area (Å²) in [5, 5.41) is 9.59. The number of hydrogen-bond acceptors (Lipinski definition) is 7. The molecular weight excluding hydrogens is 274 g/mol. The van der Waals surface area contributed by atoms with E-state index in [1.54, 1.807) is 18.4 Å². The third kappa shape index (κ3) is 3.80. The Balaban J connectivity index is 1.99. The molecule has 2 rings (SSSR count). The van der Waals surface area contributed by atoms with Crippen LogP contribution in [0.5, 0.6) is 5.75 Å². The lowest BCUT2D eigenvalue weighted by molar-refractivity contribution is 0.414. The predicted molar refractivity (Wildman–Crippen MR) is 81.7 cm³/mol. The highest BCUT2D eigenvalue weighted by Crippen LogP contribution is 2.28. The van der Waals surface area contributed by atoms with Crippen LogP contribution in [-0.2, 0) is 6.42 Å². The molecule has 7 heteroatoms. The maximum Gasteiger partial charge on any atom is 0.204 e. The summed E-state index contributed by atoms with van der Waals surface area (Å²) < 4.78 is 5.40. The lowest BCUT2D eigenvalue weighted by atomic mass is 10.4. The van der Waals surface area contributed by atoms with Gasteiger partial charge >= 0.3 is 0 Å². The van der Waals surface area contributed by atoms with E-state index < -0.39 is 0 Å². The highest BCUT2D eigenvalue weighted by molar-refractivity contribution is 7.09. The van der Waals surface area contributed by atoms with Gasteiger partial charge in [-0.05, 0) is 6.42 Å². The quantitative estimate of drug-likeness (QED) is 0.779. The number of methoxy groups -OCH3 is 1. The molecule has 0 saturated heterocycles. The summed E-state index contributed by atoms with van der Waals surface area (Å²) >= 11 is 1.65. The molecule has 2 N–H and O–H groups in total. The van der Waals surface area contributed by atoms with Gasteiger partial charge < -0.3 is 15.4 Å². The molecule has 0 aromatic carbocycles. The molecule has 2 heterocycles. The molecule has 0 radical (unpaired) electrons. The van der Waals surface area contributed by atoms with Crippen LogP contribution in [0.3, 0.4) is 0 Å². The van der Waals surface area contributed by atoms with Gasteiger partial charge in [-0.2, -0.15) is 0 Å². The zero-order valence-electron chi connectivity index (χ0n) is 11.7. The van der Waals surface area contributed by atoms with Gasteiger partial charge in [0.25, 0.3) is 0 Å². The average Bonchev–Trinajstić information content (AvgIpc) is 2.98. The second kappa shape index (κ2) is 7.64. The Kier molecular flexibility index (Phi) is 5.55. The van der Waals surface area contributed by atoms with Crippen LogP contribution in [-0.4, -0.2) is 35.2 Å². The van der Waals surface area contributed by atoms with Crippen molar-refractivity contribution in [3.63, 3.8) is 0 Å². The number of anilines is 2. The Morgan fingerprint density at radius 3 is 2.50 bits per heavy atom. The second-order valence-corrected chi connectivity index (χ2v) is 5.11. The van der Waals surface area contributed by atoms with Gasteiger partial charge in [0.15, 0.2) is 11.6 Å². The van der Waals surface area contributed by atoms with E-state index in [-0.39, 0.29) is 0 Å².